The summed E-state index contributed by atoms with van der Waals surface area (Å²) in [6.45, 7) is 6.57. The van der Waals surface area contributed by atoms with Gasteiger partial charge in [-0.2, -0.15) is 0 Å². The van der Waals surface area contributed by atoms with E-state index in [1.54, 1.807) is 47.1 Å². The zero-order valence-corrected chi connectivity index (χ0v) is 16.3. The van der Waals surface area contributed by atoms with Crippen molar-refractivity contribution in [3.63, 3.8) is 0 Å². The molecule has 1 aromatic carbocycles. The lowest BCUT2D eigenvalue weighted by atomic mass is 10.1. The van der Waals surface area contributed by atoms with Crippen LogP contribution in [0.25, 0.3) is 0 Å². The normalized spacial score (nSPS) is 20.6. The van der Waals surface area contributed by atoms with Crippen LogP contribution in [-0.2, 0) is 24.2 Å². The molecule has 1 aliphatic heterocycles. The van der Waals surface area contributed by atoms with E-state index in [4.69, 9.17) is 18.9 Å². The minimum Gasteiger partial charge on any atom is -0.491 e. The Morgan fingerprint density at radius 1 is 1.16 bits per heavy atom. The van der Waals surface area contributed by atoms with Gasteiger partial charge in [0.15, 0.2) is 12.6 Å². The van der Waals surface area contributed by atoms with Gasteiger partial charge in [0.25, 0.3) is 0 Å². The molecular weight excluding hydrogens is 346 g/mol. The van der Waals surface area contributed by atoms with Gasteiger partial charge in [-0.15, -0.1) is 0 Å². The molecule has 0 radical (unpaired) electrons. The van der Waals surface area contributed by atoms with Crippen LogP contribution in [0.5, 0.6) is 5.75 Å². The van der Waals surface area contributed by atoms with Gasteiger partial charge in [-0.25, -0.2) is 12.7 Å². The standard InChI is InChI=1S/C17H27NO6S/c1-12-10-15(22-9-8-21-5)11-13(2)17(12)25(19,20)18(4)7-6-16-23-14(3)24-16/h10-11,14,16H,6-9H2,1-5H3. The lowest BCUT2D eigenvalue weighted by Crippen LogP contribution is -2.41. The molecule has 1 saturated heterocycles. The Balaban J connectivity index is 2.09. The lowest BCUT2D eigenvalue weighted by molar-refractivity contribution is -0.377. The van der Waals surface area contributed by atoms with Crippen molar-refractivity contribution in [1.29, 1.82) is 0 Å². The maximum Gasteiger partial charge on any atom is 0.243 e. The molecule has 1 aromatic rings. The summed E-state index contributed by atoms with van der Waals surface area (Å²) in [6, 6.07) is 3.48. The van der Waals surface area contributed by atoms with E-state index in [2.05, 4.69) is 0 Å². The topological polar surface area (TPSA) is 74.3 Å². The fraction of sp³-hybridized carbons (Fsp3) is 0.647. The summed E-state index contributed by atoms with van der Waals surface area (Å²) >= 11 is 0. The average Bonchev–Trinajstić information content (AvgIpc) is 2.49. The van der Waals surface area contributed by atoms with Gasteiger partial charge in [0.05, 0.1) is 11.5 Å². The van der Waals surface area contributed by atoms with Crippen LogP contribution in [-0.4, -0.2) is 59.2 Å². The molecule has 0 saturated carbocycles. The van der Waals surface area contributed by atoms with Gasteiger partial charge < -0.3 is 18.9 Å². The van der Waals surface area contributed by atoms with Crippen LogP contribution >= 0.6 is 0 Å². The Kier molecular flexibility index (Phi) is 6.81. The van der Waals surface area contributed by atoms with Crippen LogP contribution < -0.4 is 4.74 Å². The zero-order valence-electron chi connectivity index (χ0n) is 15.4. The molecule has 0 spiro atoms. The Morgan fingerprint density at radius 2 is 1.76 bits per heavy atom. The van der Waals surface area contributed by atoms with Crippen molar-refractivity contribution < 1.29 is 27.4 Å². The Labute approximate surface area is 149 Å². The predicted molar refractivity (Wildman–Crippen MR) is 93.1 cm³/mol. The van der Waals surface area contributed by atoms with Gasteiger partial charge in [-0.1, -0.05) is 0 Å². The Hall–Kier alpha value is -1.19. The number of hydrogen-bond acceptors (Lipinski definition) is 6. The summed E-state index contributed by atoms with van der Waals surface area (Å²) in [5, 5.41) is 0. The van der Waals surface area contributed by atoms with Crippen molar-refractivity contribution in [2.24, 2.45) is 0 Å². The molecule has 0 amide bonds. The summed E-state index contributed by atoms with van der Waals surface area (Å²) in [5.41, 5.74) is 1.31. The van der Waals surface area contributed by atoms with Crippen LogP contribution in [0.4, 0.5) is 0 Å². The highest BCUT2D eigenvalue weighted by molar-refractivity contribution is 7.89. The van der Waals surface area contributed by atoms with E-state index in [1.165, 1.54) is 4.31 Å². The van der Waals surface area contributed by atoms with Crippen LogP contribution in [0.1, 0.15) is 24.5 Å². The monoisotopic (exact) mass is 373 g/mol. The Morgan fingerprint density at radius 3 is 2.28 bits per heavy atom. The molecule has 1 aliphatic rings. The summed E-state index contributed by atoms with van der Waals surface area (Å²) in [5.74, 6) is 0.638. The first kappa shape index (κ1) is 20.1. The molecule has 1 heterocycles. The SMILES string of the molecule is COCCOc1cc(C)c(S(=O)(=O)N(C)CCC2OC(C)O2)c(C)c1. The average molecular weight is 373 g/mol. The lowest BCUT2D eigenvalue weighted by Gasteiger charge is -2.34. The van der Waals surface area contributed by atoms with Gasteiger partial charge in [-0.05, 0) is 44.0 Å². The number of nitrogens with zero attached hydrogens (tertiary/aromatic N) is 1. The van der Waals surface area contributed by atoms with Crippen molar-refractivity contribution in [2.75, 3.05) is 33.9 Å². The summed E-state index contributed by atoms with van der Waals surface area (Å²) in [7, 11) is -0.422. The number of rotatable bonds is 9. The third-order valence-corrected chi connectivity index (χ3v) is 6.19. The van der Waals surface area contributed by atoms with Gasteiger partial charge in [0.1, 0.15) is 12.4 Å². The second-order valence-corrected chi connectivity index (χ2v) is 8.09. The molecule has 2 rings (SSSR count). The highest BCUT2D eigenvalue weighted by Gasteiger charge is 2.30. The van der Waals surface area contributed by atoms with Crippen LogP contribution in [0, 0.1) is 13.8 Å². The van der Waals surface area contributed by atoms with Crippen molar-refractivity contribution in [3.05, 3.63) is 23.3 Å². The summed E-state index contributed by atoms with van der Waals surface area (Å²) in [4.78, 5) is 0.318. The molecule has 0 aromatic heterocycles. The second kappa shape index (κ2) is 8.46. The minimum atomic E-state index is -3.59. The maximum absolute atomic E-state index is 12.9. The molecule has 0 atom stereocenters. The van der Waals surface area contributed by atoms with Crippen LogP contribution in [0.2, 0.25) is 0 Å². The number of ether oxygens (including phenoxy) is 4. The van der Waals surface area contributed by atoms with E-state index in [9.17, 15) is 8.42 Å². The number of hydrogen-bond donors (Lipinski definition) is 0. The molecular formula is C17H27NO6S. The van der Waals surface area contributed by atoms with Crippen LogP contribution in [0.3, 0.4) is 0 Å². The molecule has 0 bridgehead atoms. The van der Waals surface area contributed by atoms with E-state index in [1.807, 2.05) is 0 Å². The van der Waals surface area contributed by atoms with E-state index in [-0.39, 0.29) is 12.6 Å². The summed E-state index contributed by atoms with van der Waals surface area (Å²) in [6.07, 6.45) is -0.0374. The van der Waals surface area contributed by atoms with Crippen LogP contribution in [0.15, 0.2) is 17.0 Å². The maximum atomic E-state index is 12.9. The number of sulfonamides is 1. The van der Waals surface area contributed by atoms with E-state index in [0.29, 0.717) is 48.0 Å². The van der Waals surface area contributed by atoms with E-state index >= 15 is 0 Å². The van der Waals surface area contributed by atoms with Crippen molar-refractivity contribution in [2.45, 2.75) is 44.7 Å². The van der Waals surface area contributed by atoms with Gasteiger partial charge in [0.2, 0.25) is 10.0 Å². The highest BCUT2D eigenvalue weighted by atomic mass is 32.2. The minimum absolute atomic E-state index is 0.206. The smallest absolute Gasteiger partial charge is 0.243 e. The molecule has 0 unspecified atom stereocenters. The molecule has 8 heteroatoms. The molecule has 0 N–H and O–H groups in total. The fourth-order valence-corrected chi connectivity index (χ4v) is 4.37. The first-order valence-electron chi connectivity index (χ1n) is 8.26. The quantitative estimate of drug-likeness (QED) is 0.617. The van der Waals surface area contributed by atoms with Gasteiger partial charge in [-0.3, -0.25) is 0 Å². The fourth-order valence-electron chi connectivity index (χ4n) is 2.78. The largest absolute Gasteiger partial charge is 0.491 e. The van der Waals surface area contributed by atoms with E-state index in [0.717, 1.165) is 0 Å². The second-order valence-electron chi connectivity index (χ2n) is 6.11. The molecule has 7 nitrogen and oxygen atoms in total. The third kappa shape index (κ3) is 4.92. The third-order valence-electron chi connectivity index (χ3n) is 4.02. The number of aryl methyl sites for hydroxylation is 2. The highest BCUT2D eigenvalue weighted by Crippen LogP contribution is 2.28. The van der Waals surface area contributed by atoms with Gasteiger partial charge in [0, 0.05) is 27.1 Å². The molecule has 0 aliphatic carbocycles. The molecule has 25 heavy (non-hydrogen) atoms. The summed E-state index contributed by atoms with van der Waals surface area (Å²) < 4.78 is 48.4. The van der Waals surface area contributed by atoms with Crippen molar-refractivity contribution in [1.82, 2.24) is 4.31 Å². The number of benzene rings is 1. The van der Waals surface area contributed by atoms with Crippen molar-refractivity contribution >= 4 is 10.0 Å². The van der Waals surface area contributed by atoms with Gasteiger partial charge >= 0.3 is 0 Å². The predicted octanol–water partition coefficient (Wildman–Crippen LogP) is 2.06. The zero-order chi connectivity index (χ0) is 18.6. The first-order valence-corrected chi connectivity index (χ1v) is 9.70. The first-order chi connectivity index (χ1) is 11.8. The van der Waals surface area contributed by atoms with Crippen molar-refractivity contribution in [3.8, 4) is 5.75 Å². The number of methoxy groups -OCH3 is 1. The molecule has 142 valence electrons. The Bertz CT molecular complexity index is 661. The van der Waals surface area contributed by atoms with E-state index < -0.39 is 10.0 Å². The molecule has 1 fully saturated rings.